The number of esters is 1. The Morgan fingerprint density at radius 2 is 1.69 bits per heavy atom. The summed E-state index contributed by atoms with van der Waals surface area (Å²) in [5.74, 6) is -0.254. The van der Waals surface area contributed by atoms with E-state index in [1.165, 1.54) is 13.2 Å². The van der Waals surface area contributed by atoms with Crippen LogP contribution in [0.15, 0.2) is 47.4 Å². The van der Waals surface area contributed by atoms with Crippen LogP contribution in [-0.2, 0) is 19.1 Å². The normalized spacial score (nSPS) is 14.1. The molecule has 36 heavy (non-hydrogen) atoms. The number of hydrogen-bond acceptors (Lipinski definition) is 9. The van der Waals surface area contributed by atoms with Gasteiger partial charge in [0, 0.05) is 5.69 Å². The van der Waals surface area contributed by atoms with Gasteiger partial charge in [-0.25, -0.2) is 4.79 Å². The van der Waals surface area contributed by atoms with Gasteiger partial charge in [0.15, 0.2) is 18.1 Å². The first-order chi connectivity index (χ1) is 17.3. The summed E-state index contributed by atoms with van der Waals surface area (Å²) in [5.41, 5.74) is 1.09. The number of nitrogens with zero attached hydrogens (tertiary/aromatic N) is 1. The van der Waals surface area contributed by atoms with Gasteiger partial charge in [-0.05, 0) is 73.6 Å². The number of imide groups is 1. The third-order valence-electron chi connectivity index (χ3n) is 4.76. The Bertz CT molecular complexity index is 1160. The zero-order valence-electron chi connectivity index (χ0n) is 20.1. The number of nitrogens with one attached hydrogen (secondary N) is 1. The molecular weight excluding hydrogens is 488 g/mol. The summed E-state index contributed by atoms with van der Waals surface area (Å²) >= 11 is 0.742. The van der Waals surface area contributed by atoms with Crippen LogP contribution in [0.4, 0.5) is 10.5 Å². The van der Waals surface area contributed by atoms with Crippen LogP contribution in [0, 0.1) is 0 Å². The van der Waals surface area contributed by atoms with Gasteiger partial charge in [0.2, 0.25) is 5.91 Å². The van der Waals surface area contributed by atoms with E-state index in [0.29, 0.717) is 41.7 Å². The number of thioether (sulfide) groups is 1. The molecule has 0 saturated carbocycles. The topological polar surface area (TPSA) is 120 Å². The minimum atomic E-state index is -0.573. The standard InChI is InChI=1S/C25H26N2O8S/c1-4-33-18-9-7-17(8-10-18)26-22(28)14-27-24(30)21(36-25(27)31)13-16-6-11-19(20(12-16)34-5-2)35-15-23(29)32-3/h6-13H,4-5,14-15H2,1-3H3,(H,26,28)/b21-13+. The largest absolute Gasteiger partial charge is 0.494 e. The van der Waals surface area contributed by atoms with Crippen molar-refractivity contribution in [1.29, 1.82) is 0 Å². The van der Waals surface area contributed by atoms with E-state index in [0.717, 1.165) is 16.7 Å². The first-order valence-corrected chi connectivity index (χ1v) is 11.9. The van der Waals surface area contributed by atoms with E-state index >= 15 is 0 Å². The minimum absolute atomic E-state index is 0.166. The number of rotatable bonds is 11. The molecule has 1 saturated heterocycles. The summed E-state index contributed by atoms with van der Waals surface area (Å²) in [7, 11) is 1.26. The SMILES string of the molecule is CCOc1ccc(NC(=O)CN2C(=O)S/C(=C/c3ccc(OCC(=O)OC)c(OCC)c3)C2=O)cc1. The summed E-state index contributed by atoms with van der Waals surface area (Å²) in [6.07, 6.45) is 1.53. The number of carbonyl (C=O) groups is 4. The molecule has 0 atom stereocenters. The molecule has 0 spiro atoms. The Morgan fingerprint density at radius 1 is 0.972 bits per heavy atom. The molecule has 0 aromatic heterocycles. The Morgan fingerprint density at radius 3 is 2.36 bits per heavy atom. The zero-order valence-corrected chi connectivity index (χ0v) is 20.9. The summed E-state index contributed by atoms with van der Waals surface area (Å²) in [6.45, 7) is 3.83. The number of amides is 3. The number of methoxy groups -OCH3 is 1. The first-order valence-electron chi connectivity index (χ1n) is 11.1. The van der Waals surface area contributed by atoms with Gasteiger partial charge in [-0.1, -0.05) is 6.07 Å². The highest BCUT2D eigenvalue weighted by molar-refractivity contribution is 8.18. The molecule has 1 N–H and O–H groups in total. The monoisotopic (exact) mass is 514 g/mol. The summed E-state index contributed by atoms with van der Waals surface area (Å²) in [6, 6.07) is 11.6. The summed E-state index contributed by atoms with van der Waals surface area (Å²) in [5, 5.41) is 2.12. The van der Waals surface area contributed by atoms with E-state index in [-0.39, 0.29) is 11.5 Å². The van der Waals surface area contributed by atoms with Crippen molar-refractivity contribution >= 4 is 46.5 Å². The lowest BCUT2D eigenvalue weighted by Crippen LogP contribution is -2.36. The zero-order chi connectivity index (χ0) is 26.1. The maximum absolute atomic E-state index is 12.8. The lowest BCUT2D eigenvalue weighted by molar-refractivity contribution is -0.143. The highest BCUT2D eigenvalue weighted by atomic mass is 32.2. The van der Waals surface area contributed by atoms with E-state index in [1.54, 1.807) is 49.4 Å². The molecule has 0 aliphatic carbocycles. The third kappa shape index (κ3) is 7.01. The molecule has 1 heterocycles. The fourth-order valence-electron chi connectivity index (χ4n) is 3.13. The smallest absolute Gasteiger partial charge is 0.343 e. The molecule has 1 fully saturated rings. The van der Waals surface area contributed by atoms with Gasteiger partial charge in [-0.15, -0.1) is 0 Å². The number of anilines is 1. The van der Waals surface area contributed by atoms with Crippen LogP contribution >= 0.6 is 11.8 Å². The number of carbonyl (C=O) groups excluding carboxylic acids is 4. The Balaban J connectivity index is 1.67. The van der Waals surface area contributed by atoms with Crippen LogP contribution in [0.5, 0.6) is 17.2 Å². The molecule has 10 nitrogen and oxygen atoms in total. The van der Waals surface area contributed by atoms with Gasteiger partial charge in [0.25, 0.3) is 11.1 Å². The van der Waals surface area contributed by atoms with E-state index in [9.17, 15) is 19.2 Å². The van der Waals surface area contributed by atoms with Crippen molar-refractivity contribution in [2.45, 2.75) is 13.8 Å². The highest BCUT2D eigenvalue weighted by Gasteiger charge is 2.36. The molecule has 11 heteroatoms. The van der Waals surface area contributed by atoms with Gasteiger partial charge in [0.05, 0.1) is 25.2 Å². The van der Waals surface area contributed by atoms with Crippen molar-refractivity contribution in [1.82, 2.24) is 4.90 Å². The fraction of sp³-hybridized carbons (Fsp3) is 0.280. The average molecular weight is 515 g/mol. The quantitative estimate of drug-likeness (QED) is 0.353. The predicted molar refractivity (Wildman–Crippen MR) is 134 cm³/mol. The van der Waals surface area contributed by atoms with Crippen LogP contribution in [0.25, 0.3) is 6.08 Å². The second-order valence-corrected chi connectivity index (χ2v) is 8.27. The fourth-order valence-corrected chi connectivity index (χ4v) is 3.97. The minimum Gasteiger partial charge on any atom is -0.494 e. The Kier molecular flexibility index (Phi) is 9.34. The van der Waals surface area contributed by atoms with E-state index in [1.807, 2.05) is 6.92 Å². The number of ether oxygens (including phenoxy) is 4. The van der Waals surface area contributed by atoms with Crippen LogP contribution in [-0.4, -0.2) is 61.4 Å². The third-order valence-corrected chi connectivity index (χ3v) is 5.67. The molecule has 190 valence electrons. The van der Waals surface area contributed by atoms with Crippen molar-refractivity contribution < 1.29 is 38.1 Å². The van der Waals surface area contributed by atoms with Gasteiger partial charge >= 0.3 is 5.97 Å². The highest BCUT2D eigenvalue weighted by Crippen LogP contribution is 2.34. The molecule has 3 rings (SSSR count). The molecule has 0 radical (unpaired) electrons. The first kappa shape index (κ1) is 26.6. The second kappa shape index (κ2) is 12.6. The summed E-state index contributed by atoms with van der Waals surface area (Å²) < 4.78 is 20.9. The van der Waals surface area contributed by atoms with Gasteiger partial charge in [-0.3, -0.25) is 19.3 Å². The maximum Gasteiger partial charge on any atom is 0.343 e. The van der Waals surface area contributed by atoms with Crippen molar-refractivity contribution in [2.75, 3.05) is 38.8 Å². The van der Waals surface area contributed by atoms with Gasteiger partial charge in [0.1, 0.15) is 12.3 Å². The maximum atomic E-state index is 12.8. The lowest BCUT2D eigenvalue weighted by Gasteiger charge is -2.13. The van der Waals surface area contributed by atoms with Crippen molar-refractivity contribution in [3.05, 3.63) is 52.9 Å². The lowest BCUT2D eigenvalue weighted by atomic mass is 10.2. The molecule has 0 bridgehead atoms. The molecule has 2 aromatic carbocycles. The Hall–Kier alpha value is -3.99. The van der Waals surface area contributed by atoms with Crippen LogP contribution in [0.2, 0.25) is 0 Å². The molecule has 2 aromatic rings. The second-order valence-electron chi connectivity index (χ2n) is 7.28. The summed E-state index contributed by atoms with van der Waals surface area (Å²) in [4.78, 5) is 50.1. The molecule has 3 amide bonds. The number of benzene rings is 2. The van der Waals surface area contributed by atoms with Crippen molar-refractivity contribution in [2.24, 2.45) is 0 Å². The van der Waals surface area contributed by atoms with Crippen molar-refractivity contribution in [3.8, 4) is 17.2 Å². The van der Waals surface area contributed by atoms with Crippen molar-refractivity contribution in [3.63, 3.8) is 0 Å². The molecule has 1 aliphatic rings. The van der Waals surface area contributed by atoms with E-state index in [2.05, 4.69) is 10.1 Å². The van der Waals surface area contributed by atoms with Gasteiger partial charge in [-0.2, -0.15) is 0 Å². The Labute approximate surface area is 212 Å². The van der Waals surface area contributed by atoms with E-state index in [4.69, 9.17) is 14.2 Å². The molecular formula is C25H26N2O8S. The molecule has 1 aliphatic heterocycles. The van der Waals surface area contributed by atoms with Crippen LogP contribution < -0.4 is 19.5 Å². The van der Waals surface area contributed by atoms with Crippen LogP contribution in [0.1, 0.15) is 19.4 Å². The van der Waals surface area contributed by atoms with E-state index < -0.39 is 29.6 Å². The van der Waals surface area contributed by atoms with Gasteiger partial charge < -0.3 is 24.3 Å². The van der Waals surface area contributed by atoms with Crippen LogP contribution in [0.3, 0.4) is 0 Å². The average Bonchev–Trinajstić information content (AvgIpc) is 3.12. The predicted octanol–water partition coefficient (Wildman–Crippen LogP) is 3.71. The number of hydrogen-bond donors (Lipinski definition) is 1. The molecule has 0 unspecified atom stereocenters.